The molecule has 1 atom stereocenters. The first kappa shape index (κ1) is 22.2. The molecule has 1 aromatic rings. The van der Waals surface area contributed by atoms with Crippen molar-refractivity contribution in [3.8, 4) is 0 Å². The van der Waals surface area contributed by atoms with Crippen molar-refractivity contribution >= 4 is 29.9 Å². The first-order valence-corrected chi connectivity index (χ1v) is 9.41. The number of hydrogen-bond acceptors (Lipinski definition) is 2. The number of nitrogens with zero attached hydrogens (tertiary/aromatic N) is 2. The minimum atomic E-state index is 0. The molecule has 0 aliphatic carbocycles. The Morgan fingerprint density at radius 2 is 2.04 bits per heavy atom. The maximum absolute atomic E-state index is 4.76. The summed E-state index contributed by atoms with van der Waals surface area (Å²) in [6.45, 7) is 13.9. The van der Waals surface area contributed by atoms with Crippen molar-refractivity contribution in [2.45, 2.75) is 53.1 Å². The molecule has 1 heterocycles. The number of aryl methyl sites for hydroxylation is 1. The van der Waals surface area contributed by atoms with E-state index in [0.717, 1.165) is 25.6 Å². The Morgan fingerprint density at radius 3 is 2.72 bits per heavy atom. The molecule has 2 rings (SSSR count). The molecule has 0 spiro atoms. The molecule has 4 nitrogen and oxygen atoms in total. The van der Waals surface area contributed by atoms with E-state index in [0.29, 0.717) is 12.0 Å². The summed E-state index contributed by atoms with van der Waals surface area (Å²) in [6.07, 6.45) is 2.62. The molecule has 0 amide bonds. The van der Waals surface area contributed by atoms with Crippen molar-refractivity contribution in [2.75, 3.05) is 26.2 Å². The van der Waals surface area contributed by atoms with Crippen molar-refractivity contribution in [1.82, 2.24) is 15.5 Å². The molecule has 2 N–H and O–H groups in total. The van der Waals surface area contributed by atoms with Gasteiger partial charge in [-0.2, -0.15) is 0 Å². The number of rotatable bonds is 6. The first-order chi connectivity index (χ1) is 11.6. The fraction of sp³-hybridized carbons (Fsp3) is 0.650. The average Bonchev–Trinajstić information content (AvgIpc) is 2.59. The molecule has 1 saturated heterocycles. The second-order valence-electron chi connectivity index (χ2n) is 7.10. The van der Waals surface area contributed by atoms with Crippen LogP contribution in [0.2, 0.25) is 0 Å². The van der Waals surface area contributed by atoms with E-state index in [9.17, 15) is 0 Å². The zero-order valence-corrected chi connectivity index (χ0v) is 18.5. The SMILES string of the molecule is CCNC(=NCc1ccccc1C)NCC1CCCN(C(C)C)C1.I. The number of likely N-dealkylation sites (tertiary alicyclic amines) is 1. The number of benzene rings is 1. The summed E-state index contributed by atoms with van der Waals surface area (Å²) in [5, 5.41) is 6.92. The number of halogens is 1. The van der Waals surface area contributed by atoms with Crippen LogP contribution in [0.1, 0.15) is 44.7 Å². The van der Waals surface area contributed by atoms with Crippen molar-refractivity contribution in [3.05, 3.63) is 35.4 Å². The molecule has 0 aromatic heterocycles. The molecule has 0 bridgehead atoms. The summed E-state index contributed by atoms with van der Waals surface area (Å²) >= 11 is 0. The second kappa shape index (κ2) is 11.7. The summed E-state index contributed by atoms with van der Waals surface area (Å²) in [5.41, 5.74) is 2.59. The average molecular weight is 458 g/mol. The van der Waals surface area contributed by atoms with E-state index in [1.807, 2.05) is 0 Å². The van der Waals surface area contributed by atoms with Crippen LogP contribution in [0.5, 0.6) is 0 Å². The lowest BCUT2D eigenvalue weighted by atomic mass is 9.97. The fourth-order valence-corrected chi connectivity index (χ4v) is 3.27. The van der Waals surface area contributed by atoms with Gasteiger partial charge < -0.3 is 15.5 Å². The summed E-state index contributed by atoms with van der Waals surface area (Å²) in [7, 11) is 0. The zero-order chi connectivity index (χ0) is 17.4. The quantitative estimate of drug-likeness (QED) is 0.387. The molecule has 1 unspecified atom stereocenters. The van der Waals surface area contributed by atoms with Crippen molar-refractivity contribution in [1.29, 1.82) is 0 Å². The predicted molar refractivity (Wildman–Crippen MR) is 119 cm³/mol. The van der Waals surface area contributed by atoms with Crippen LogP contribution in [0.25, 0.3) is 0 Å². The number of guanidine groups is 1. The Balaban J connectivity index is 0.00000312. The molecule has 1 aliphatic heterocycles. The second-order valence-corrected chi connectivity index (χ2v) is 7.10. The van der Waals surface area contributed by atoms with Crippen LogP contribution in [-0.2, 0) is 6.54 Å². The maximum atomic E-state index is 4.76. The minimum absolute atomic E-state index is 0. The smallest absolute Gasteiger partial charge is 0.191 e. The lowest BCUT2D eigenvalue weighted by Crippen LogP contribution is -2.46. The predicted octanol–water partition coefficient (Wildman–Crippen LogP) is 3.79. The Kier molecular flexibility index (Phi) is 10.4. The van der Waals surface area contributed by atoms with E-state index in [1.54, 1.807) is 0 Å². The van der Waals surface area contributed by atoms with E-state index in [-0.39, 0.29) is 24.0 Å². The van der Waals surface area contributed by atoms with Gasteiger partial charge in [0.15, 0.2) is 5.96 Å². The van der Waals surface area contributed by atoms with E-state index in [2.05, 4.69) is 67.5 Å². The van der Waals surface area contributed by atoms with Gasteiger partial charge in [0.05, 0.1) is 6.54 Å². The Bertz CT molecular complexity index is 530. The van der Waals surface area contributed by atoms with Crippen LogP contribution in [0.15, 0.2) is 29.3 Å². The van der Waals surface area contributed by atoms with Gasteiger partial charge in [0, 0.05) is 25.7 Å². The van der Waals surface area contributed by atoms with Crippen LogP contribution >= 0.6 is 24.0 Å². The topological polar surface area (TPSA) is 39.7 Å². The summed E-state index contributed by atoms with van der Waals surface area (Å²) in [4.78, 5) is 7.35. The van der Waals surface area contributed by atoms with Crippen LogP contribution in [0.3, 0.4) is 0 Å². The summed E-state index contributed by atoms with van der Waals surface area (Å²) in [5.74, 6) is 1.64. The Morgan fingerprint density at radius 1 is 1.28 bits per heavy atom. The lowest BCUT2D eigenvalue weighted by molar-refractivity contribution is 0.141. The van der Waals surface area contributed by atoms with E-state index in [4.69, 9.17) is 4.99 Å². The van der Waals surface area contributed by atoms with Crippen molar-refractivity contribution in [2.24, 2.45) is 10.9 Å². The highest BCUT2D eigenvalue weighted by atomic mass is 127. The van der Waals surface area contributed by atoms with Crippen molar-refractivity contribution in [3.63, 3.8) is 0 Å². The maximum Gasteiger partial charge on any atom is 0.191 e. The molecule has 142 valence electrons. The number of aliphatic imine (C=N–C) groups is 1. The van der Waals surface area contributed by atoms with Crippen LogP contribution in [0.4, 0.5) is 0 Å². The molecule has 0 radical (unpaired) electrons. The summed E-state index contributed by atoms with van der Waals surface area (Å²) in [6, 6.07) is 9.12. The highest BCUT2D eigenvalue weighted by molar-refractivity contribution is 14.0. The molecule has 5 heteroatoms. The zero-order valence-electron chi connectivity index (χ0n) is 16.2. The van der Waals surface area contributed by atoms with Gasteiger partial charge in [-0.25, -0.2) is 4.99 Å². The minimum Gasteiger partial charge on any atom is -0.357 e. The van der Waals surface area contributed by atoms with Gasteiger partial charge in [0.25, 0.3) is 0 Å². The van der Waals surface area contributed by atoms with E-state index >= 15 is 0 Å². The van der Waals surface area contributed by atoms with E-state index in [1.165, 1.54) is 37.1 Å². The third-order valence-corrected chi connectivity index (χ3v) is 4.85. The number of nitrogens with one attached hydrogen (secondary N) is 2. The van der Waals surface area contributed by atoms with Gasteiger partial charge in [-0.1, -0.05) is 24.3 Å². The molecule has 1 aliphatic rings. The van der Waals surface area contributed by atoms with E-state index < -0.39 is 0 Å². The molecular weight excluding hydrogens is 423 g/mol. The van der Waals surface area contributed by atoms with Crippen LogP contribution in [0, 0.1) is 12.8 Å². The fourth-order valence-electron chi connectivity index (χ4n) is 3.27. The molecule has 1 fully saturated rings. The molecule has 1 aromatic carbocycles. The largest absolute Gasteiger partial charge is 0.357 e. The van der Waals surface area contributed by atoms with Crippen molar-refractivity contribution < 1.29 is 0 Å². The Labute approximate surface area is 170 Å². The van der Waals surface area contributed by atoms with Gasteiger partial charge in [-0.05, 0) is 64.1 Å². The normalized spacial score (nSPS) is 18.8. The van der Waals surface area contributed by atoms with Crippen LogP contribution < -0.4 is 10.6 Å². The molecule has 0 saturated carbocycles. The third-order valence-electron chi connectivity index (χ3n) is 4.85. The standard InChI is InChI=1S/C20H34N4.HI/c1-5-21-20(23-14-19-11-7-6-9-17(19)4)22-13-18-10-8-12-24(15-18)16(2)3;/h6-7,9,11,16,18H,5,8,10,12-15H2,1-4H3,(H2,21,22,23);1H. The van der Waals surface area contributed by atoms with Crippen LogP contribution in [-0.4, -0.2) is 43.1 Å². The number of piperidine rings is 1. The summed E-state index contributed by atoms with van der Waals surface area (Å²) < 4.78 is 0. The highest BCUT2D eigenvalue weighted by Crippen LogP contribution is 2.17. The van der Waals surface area contributed by atoms with Gasteiger partial charge in [-0.3, -0.25) is 0 Å². The van der Waals surface area contributed by atoms with Gasteiger partial charge in [0.2, 0.25) is 0 Å². The molecule has 25 heavy (non-hydrogen) atoms. The first-order valence-electron chi connectivity index (χ1n) is 9.41. The highest BCUT2D eigenvalue weighted by Gasteiger charge is 2.21. The lowest BCUT2D eigenvalue weighted by Gasteiger charge is -2.35. The van der Waals surface area contributed by atoms with Gasteiger partial charge >= 0.3 is 0 Å². The molecular formula is C20H35IN4. The third kappa shape index (κ3) is 7.52. The van der Waals surface area contributed by atoms with Gasteiger partial charge in [-0.15, -0.1) is 24.0 Å². The van der Waals surface area contributed by atoms with Gasteiger partial charge in [0.1, 0.15) is 0 Å². The monoisotopic (exact) mass is 458 g/mol. The number of hydrogen-bond donors (Lipinski definition) is 2. The Hall–Kier alpha value is -0.820.